The van der Waals surface area contributed by atoms with E-state index in [4.69, 9.17) is 14.2 Å². The molecule has 1 heterocycles. The van der Waals surface area contributed by atoms with Crippen LogP contribution in [0.4, 0.5) is 5.69 Å². The van der Waals surface area contributed by atoms with Gasteiger partial charge >= 0.3 is 11.7 Å². The number of para-hydroxylation sites is 2. The van der Waals surface area contributed by atoms with E-state index in [1.165, 1.54) is 19.2 Å². The number of benzene rings is 2. The number of hydrogen-bond acceptors (Lipinski definition) is 8. The zero-order valence-electron chi connectivity index (χ0n) is 15.7. The molecule has 0 spiro atoms. The molecule has 0 aliphatic heterocycles. The van der Waals surface area contributed by atoms with Crippen molar-refractivity contribution in [2.45, 2.75) is 13.5 Å². The lowest BCUT2D eigenvalue weighted by atomic mass is 10.1. The number of hydrogen-bond donors (Lipinski definition) is 1. The fourth-order valence-electron chi connectivity index (χ4n) is 2.70. The molecule has 3 aromatic rings. The van der Waals surface area contributed by atoms with Gasteiger partial charge in [-0.05, 0) is 31.2 Å². The van der Waals surface area contributed by atoms with E-state index in [-0.39, 0.29) is 30.3 Å². The molecule has 0 fully saturated rings. The number of nitrogens with zero attached hydrogens (tertiary/aromatic N) is 3. The minimum absolute atomic E-state index is 0.00839. The number of ether oxygens (including phenoxy) is 3. The largest absolute Gasteiger partial charge is 0.496 e. The zero-order valence-corrected chi connectivity index (χ0v) is 15.7. The molecule has 3 rings (SSSR count). The van der Waals surface area contributed by atoms with Crippen LogP contribution in [-0.2, 0) is 11.3 Å². The van der Waals surface area contributed by atoms with E-state index < -0.39 is 10.9 Å². The third kappa shape index (κ3) is 4.32. The van der Waals surface area contributed by atoms with Gasteiger partial charge in [-0.3, -0.25) is 10.1 Å². The first-order valence-electron chi connectivity index (χ1n) is 8.66. The number of nitro groups is 1. The quantitative estimate of drug-likeness (QED) is 0.348. The highest BCUT2D eigenvalue weighted by atomic mass is 16.6. The molecule has 0 amide bonds. The number of carbonyl (C=O) groups is 1. The molecule has 1 aromatic heterocycles. The number of nitrogens with one attached hydrogen (secondary N) is 1. The number of carbonyl (C=O) groups excluding carboxylic acids is 1. The molecule has 10 nitrogen and oxygen atoms in total. The summed E-state index contributed by atoms with van der Waals surface area (Å²) in [6.07, 6.45) is 0. The van der Waals surface area contributed by atoms with Crippen molar-refractivity contribution >= 4 is 11.7 Å². The standard InChI is InChI=1S/C19H18N4O6/c1-3-28-19(24)18-17(20-22-21-18)12-8-9-15(27-2)13(10-12)11-29-16-7-5-4-6-14(16)23(25)26/h4-10H,3,11H2,1-2H3,(H,20,21,22). The van der Waals surface area contributed by atoms with Crippen molar-refractivity contribution < 1.29 is 23.9 Å². The molecule has 0 saturated carbocycles. The monoisotopic (exact) mass is 398 g/mol. The van der Waals surface area contributed by atoms with Gasteiger partial charge in [0.05, 0.1) is 18.6 Å². The Kier molecular flexibility index (Phi) is 6.03. The molecule has 0 aliphatic carbocycles. The van der Waals surface area contributed by atoms with Crippen molar-refractivity contribution in [2.75, 3.05) is 13.7 Å². The second-order valence-corrected chi connectivity index (χ2v) is 5.78. The second-order valence-electron chi connectivity index (χ2n) is 5.78. The van der Waals surface area contributed by atoms with Crippen LogP contribution in [0.25, 0.3) is 11.3 Å². The number of methoxy groups -OCH3 is 1. The smallest absolute Gasteiger partial charge is 0.361 e. The Labute approximate surface area is 165 Å². The Morgan fingerprint density at radius 2 is 1.97 bits per heavy atom. The van der Waals surface area contributed by atoms with Crippen molar-refractivity contribution in [3.05, 3.63) is 63.8 Å². The van der Waals surface area contributed by atoms with E-state index in [1.807, 2.05) is 0 Å². The number of H-pyrrole nitrogens is 1. The highest BCUT2D eigenvalue weighted by molar-refractivity contribution is 5.94. The van der Waals surface area contributed by atoms with Gasteiger partial charge in [-0.15, -0.1) is 5.10 Å². The third-order valence-corrected chi connectivity index (χ3v) is 4.02. The summed E-state index contributed by atoms with van der Waals surface area (Å²) in [5.41, 5.74) is 1.44. The van der Waals surface area contributed by atoms with E-state index >= 15 is 0 Å². The van der Waals surface area contributed by atoms with Crippen LogP contribution >= 0.6 is 0 Å². The first kappa shape index (κ1) is 19.8. The normalized spacial score (nSPS) is 10.4. The first-order chi connectivity index (χ1) is 14.0. The summed E-state index contributed by atoms with van der Waals surface area (Å²) < 4.78 is 16.0. The van der Waals surface area contributed by atoms with Gasteiger partial charge in [-0.1, -0.05) is 12.1 Å². The van der Waals surface area contributed by atoms with Gasteiger partial charge in [0.25, 0.3) is 0 Å². The summed E-state index contributed by atoms with van der Waals surface area (Å²) in [6.45, 7) is 1.92. The number of nitro benzene ring substituents is 1. The minimum Gasteiger partial charge on any atom is -0.496 e. The maximum absolute atomic E-state index is 12.1. The van der Waals surface area contributed by atoms with E-state index in [2.05, 4.69) is 15.4 Å². The Morgan fingerprint density at radius 3 is 2.69 bits per heavy atom. The van der Waals surface area contributed by atoms with E-state index in [9.17, 15) is 14.9 Å². The molecule has 2 aromatic carbocycles. The molecular weight excluding hydrogens is 380 g/mol. The molecule has 29 heavy (non-hydrogen) atoms. The SMILES string of the molecule is CCOC(=O)c1n[nH]nc1-c1ccc(OC)c(COc2ccccc2[N+](=O)[O-])c1. The van der Waals surface area contributed by atoms with Crippen LogP contribution in [0.15, 0.2) is 42.5 Å². The average Bonchev–Trinajstić information content (AvgIpc) is 3.22. The van der Waals surface area contributed by atoms with Crippen molar-refractivity contribution in [3.63, 3.8) is 0 Å². The van der Waals surface area contributed by atoms with Crippen molar-refractivity contribution in [3.8, 4) is 22.8 Å². The van der Waals surface area contributed by atoms with Crippen LogP contribution in [0.5, 0.6) is 11.5 Å². The van der Waals surface area contributed by atoms with Gasteiger partial charge in [-0.25, -0.2) is 4.79 Å². The van der Waals surface area contributed by atoms with Gasteiger partial charge in [0, 0.05) is 17.2 Å². The van der Waals surface area contributed by atoms with E-state index in [0.717, 1.165) is 0 Å². The molecule has 10 heteroatoms. The van der Waals surface area contributed by atoms with Crippen LogP contribution in [0.1, 0.15) is 23.0 Å². The summed E-state index contributed by atoms with van der Waals surface area (Å²) in [7, 11) is 1.50. The molecule has 0 radical (unpaired) electrons. The molecule has 0 atom stereocenters. The van der Waals surface area contributed by atoms with Gasteiger partial charge in [0.1, 0.15) is 18.1 Å². The van der Waals surface area contributed by atoms with Gasteiger partial charge in [0.2, 0.25) is 0 Å². The van der Waals surface area contributed by atoms with Crippen molar-refractivity contribution in [1.82, 2.24) is 15.4 Å². The summed E-state index contributed by atoms with van der Waals surface area (Å²) in [5.74, 6) is 0.0666. The lowest BCUT2D eigenvalue weighted by molar-refractivity contribution is -0.385. The maximum atomic E-state index is 12.1. The Bertz CT molecular complexity index is 1030. The fraction of sp³-hybridized carbons (Fsp3) is 0.211. The van der Waals surface area contributed by atoms with Gasteiger partial charge in [-0.2, -0.15) is 10.3 Å². The Balaban J connectivity index is 1.90. The lowest BCUT2D eigenvalue weighted by Gasteiger charge is -2.12. The highest BCUT2D eigenvalue weighted by Gasteiger charge is 2.20. The zero-order chi connectivity index (χ0) is 20.8. The molecule has 150 valence electrons. The van der Waals surface area contributed by atoms with Crippen molar-refractivity contribution in [2.24, 2.45) is 0 Å². The van der Waals surface area contributed by atoms with Crippen LogP contribution in [0.3, 0.4) is 0 Å². The number of aromatic nitrogens is 3. The maximum Gasteiger partial charge on any atom is 0.361 e. The summed E-state index contributed by atoms with van der Waals surface area (Å²) in [5, 5.41) is 21.5. The molecule has 0 unspecified atom stereocenters. The van der Waals surface area contributed by atoms with Crippen molar-refractivity contribution in [1.29, 1.82) is 0 Å². The predicted molar refractivity (Wildman–Crippen MR) is 102 cm³/mol. The molecular formula is C19H18N4O6. The number of esters is 1. The van der Waals surface area contributed by atoms with Crippen LogP contribution < -0.4 is 9.47 Å². The van der Waals surface area contributed by atoms with E-state index in [1.54, 1.807) is 37.3 Å². The Morgan fingerprint density at radius 1 is 1.17 bits per heavy atom. The van der Waals surface area contributed by atoms with Gasteiger partial charge < -0.3 is 14.2 Å². The summed E-state index contributed by atoms with van der Waals surface area (Å²) in [6, 6.07) is 11.2. The molecule has 0 aliphatic rings. The van der Waals surface area contributed by atoms with Crippen LogP contribution in [0, 0.1) is 10.1 Å². The Hall–Kier alpha value is -3.95. The predicted octanol–water partition coefficient (Wildman–Crippen LogP) is 3.14. The third-order valence-electron chi connectivity index (χ3n) is 4.02. The minimum atomic E-state index is -0.593. The molecule has 0 saturated heterocycles. The summed E-state index contributed by atoms with van der Waals surface area (Å²) in [4.78, 5) is 22.7. The lowest BCUT2D eigenvalue weighted by Crippen LogP contribution is -2.07. The van der Waals surface area contributed by atoms with Crippen LogP contribution in [0.2, 0.25) is 0 Å². The topological polar surface area (TPSA) is 129 Å². The number of aromatic amines is 1. The number of rotatable bonds is 8. The molecule has 1 N–H and O–H groups in total. The van der Waals surface area contributed by atoms with Gasteiger partial charge in [0.15, 0.2) is 11.4 Å². The van der Waals surface area contributed by atoms with E-state index in [0.29, 0.717) is 22.6 Å². The summed E-state index contributed by atoms with van der Waals surface area (Å²) >= 11 is 0. The first-order valence-corrected chi connectivity index (χ1v) is 8.66. The second kappa shape index (κ2) is 8.83. The highest BCUT2D eigenvalue weighted by Crippen LogP contribution is 2.31. The molecule has 0 bridgehead atoms. The average molecular weight is 398 g/mol. The fourth-order valence-corrected chi connectivity index (χ4v) is 2.70. The van der Waals surface area contributed by atoms with Crippen LogP contribution in [-0.4, -0.2) is 40.0 Å².